The lowest BCUT2D eigenvalue weighted by molar-refractivity contribution is -0.146. The third kappa shape index (κ3) is 3.24. The van der Waals surface area contributed by atoms with Gasteiger partial charge < -0.3 is 4.74 Å². The van der Waals surface area contributed by atoms with Crippen LogP contribution in [-0.2, 0) is 16.1 Å². The van der Waals surface area contributed by atoms with E-state index < -0.39 is 0 Å². The molecular weight excluding hydrogens is 323 g/mol. The number of nitrogens with zero attached hydrogens (tertiary/aromatic N) is 2. The average molecular weight is 343 g/mol. The Morgan fingerprint density at radius 3 is 2.68 bits per heavy atom. The molecular formula is C16H20Cl2N2O2. The van der Waals surface area contributed by atoms with Crippen molar-refractivity contribution in [2.75, 3.05) is 7.11 Å². The van der Waals surface area contributed by atoms with Crippen molar-refractivity contribution in [2.24, 2.45) is 5.92 Å². The van der Waals surface area contributed by atoms with E-state index in [-0.39, 0.29) is 12.0 Å². The molecule has 2 heterocycles. The standard InChI is InChI=1S/C16H20Cl2N2O2/c1-22-16(21)13-8-11-4-2-3-5-12(11)20(13)9-10-6-14(17)19-15(18)7-10/h6-7,11-13H,2-5,8-9H2,1H3. The molecule has 6 heteroatoms. The maximum atomic E-state index is 12.2. The molecule has 0 spiro atoms. The second-order valence-corrected chi connectivity index (χ2v) is 6.95. The van der Waals surface area contributed by atoms with Crippen molar-refractivity contribution < 1.29 is 9.53 Å². The first-order chi connectivity index (χ1) is 10.6. The minimum atomic E-state index is -0.163. The number of esters is 1. The summed E-state index contributed by atoms with van der Waals surface area (Å²) in [4.78, 5) is 18.4. The van der Waals surface area contributed by atoms with Crippen molar-refractivity contribution in [1.29, 1.82) is 0 Å². The van der Waals surface area contributed by atoms with Crippen molar-refractivity contribution >= 4 is 29.2 Å². The highest BCUT2D eigenvalue weighted by molar-refractivity contribution is 6.32. The number of methoxy groups -OCH3 is 1. The number of hydrogen-bond acceptors (Lipinski definition) is 4. The molecule has 1 saturated heterocycles. The quantitative estimate of drug-likeness (QED) is 0.620. The third-order valence-corrected chi connectivity index (χ3v) is 5.27. The van der Waals surface area contributed by atoms with Crippen LogP contribution in [0.1, 0.15) is 37.7 Å². The lowest BCUT2D eigenvalue weighted by Crippen LogP contribution is -2.42. The Morgan fingerprint density at radius 1 is 1.32 bits per heavy atom. The van der Waals surface area contributed by atoms with Crippen LogP contribution in [0.2, 0.25) is 10.3 Å². The van der Waals surface area contributed by atoms with E-state index in [4.69, 9.17) is 27.9 Å². The van der Waals surface area contributed by atoms with Crippen LogP contribution >= 0.6 is 23.2 Å². The fourth-order valence-electron chi connectivity index (χ4n) is 3.96. The number of ether oxygens (including phenoxy) is 1. The summed E-state index contributed by atoms with van der Waals surface area (Å²) in [7, 11) is 1.46. The Bertz CT molecular complexity index is 547. The van der Waals surface area contributed by atoms with Crippen LogP contribution in [0.3, 0.4) is 0 Å². The first kappa shape index (κ1) is 16.0. The van der Waals surface area contributed by atoms with Crippen LogP contribution in [0.15, 0.2) is 12.1 Å². The number of pyridine rings is 1. The minimum absolute atomic E-state index is 0.138. The Hall–Kier alpha value is -0.840. The van der Waals surface area contributed by atoms with Crippen molar-refractivity contribution in [1.82, 2.24) is 9.88 Å². The summed E-state index contributed by atoms with van der Waals surface area (Å²) >= 11 is 12.0. The number of aromatic nitrogens is 1. The van der Waals surface area contributed by atoms with Gasteiger partial charge in [-0.05, 0) is 42.9 Å². The summed E-state index contributed by atoms with van der Waals surface area (Å²) in [5.74, 6) is 0.450. The van der Waals surface area contributed by atoms with E-state index in [1.54, 1.807) is 0 Å². The average Bonchev–Trinajstić information content (AvgIpc) is 2.84. The van der Waals surface area contributed by atoms with Gasteiger partial charge in [0.1, 0.15) is 16.3 Å². The molecule has 1 saturated carbocycles. The van der Waals surface area contributed by atoms with Crippen LogP contribution in [0.25, 0.3) is 0 Å². The molecule has 2 aliphatic rings. The highest BCUT2D eigenvalue weighted by Crippen LogP contribution is 2.41. The van der Waals surface area contributed by atoms with Crippen LogP contribution in [-0.4, -0.2) is 35.0 Å². The molecule has 22 heavy (non-hydrogen) atoms. The molecule has 0 N–H and O–H groups in total. The summed E-state index contributed by atoms with van der Waals surface area (Å²) in [6, 6.07) is 3.92. The van der Waals surface area contributed by atoms with Crippen molar-refractivity contribution in [3.05, 3.63) is 28.0 Å². The molecule has 1 aliphatic carbocycles. The van der Waals surface area contributed by atoms with Crippen molar-refractivity contribution in [3.63, 3.8) is 0 Å². The number of carbonyl (C=O) groups is 1. The van der Waals surface area contributed by atoms with Crippen LogP contribution in [0.5, 0.6) is 0 Å². The molecule has 3 atom stereocenters. The zero-order valence-electron chi connectivity index (χ0n) is 12.6. The lowest BCUT2D eigenvalue weighted by atomic mass is 9.84. The van der Waals surface area contributed by atoms with Gasteiger partial charge in [0.25, 0.3) is 0 Å². The van der Waals surface area contributed by atoms with Crippen LogP contribution < -0.4 is 0 Å². The number of rotatable bonds is 3. The van der Waals surface area contributed by atoms with Gasteiger partial charge in [0.15, 0.2) is 0 Å². The smallest absolute Gasteiger partial charge is 0.323 e. The maximum Gasteiger partial charge on any atom is 0.323 e. The summed E-state index contributed by atoms with van der Waals surface area (Å²) in [5, 5.41) is 0.771. The Labute approximate surface area is 140 Å². The molecule has 1 aromatic heterocycles. The van der Waals surface area contributed by atoms with Gasteiger partial charge in [0.05, 0.1) is 7.11 Å². The number of fused-ring (bicyclic) bond motifs is 1. The van der Waals surface area contributed by atoms with Gasteiger partial charge in [0, 0.05) is 12.6 Å². The predicted octanol–water partition coefficient (Wildman–Crippen LogP) is 3.69. The Balaban J connectivity index is 1.84. The zero-order chi connectivity index (χ0) is 15.7. The zero-order valence-corrected chi connectivity index (χ0v) is 14.1. The van der Waals surface area contributed by atoms with E-state index in [0.29, 0.717) is 28.8 Å². The molecule has 120 valence electrons. The summed E-state index contributed by atoms with van der Waals surface area (Å²) in [6.45, 7) is 0.656. The normalized spacial score (nSPS) is 28.4. The predicted molar refractivity (Wildman–Crippen MR) is 86.0 cm³/mol. The van der Waals surface area contributed by atoms with Crippen LogP contribution in [0.4, 0.5) is 0 Å². The van der Waals surface area contributed by atoms with Gasteiger partial charge in [-0.2, -0.15) is 0 Å². The van der Waals surface area contributed by atoms with E-state index in [9.17, 15) is 4.79 Å². The molecule has 4 nitrogen and oxygen atoms in total. The van der Waals surface area contributed by atoms with Gasteiger partial charge in [-0.25, -0.2) is 4.98 Å². The van der Waals surface area contributed by atoms with E-state index in [1.807, 2.05) is 12.1 Å². The van der Waals surface area contributed by atoms with E-state index in [1.165, 1.54) is 26.4 Å². The Morgan fingerprint density at radius 2 is 2.00 bits per heavy atom. The first-order valence-electron chi connectivity index (χ1n) is 7.74. The van der Waals surface area contributed by atoms with E-state index in [0.717, 1.165) is 18.4 Å². The van der Waals surface area contributed by atoms with Gasteiger partial charge in [-0.3, -0.25) is 9.69 Å². The third-order valence-electron chi connectivity index (χ3n) is 4.88. The molecule has 0 radical (unpaired) electrons. The summed E-state index contributed by atoms with van der Waals surface area (Å²) in [5.41, 5.74) is 0.991. The number of carbonyl (C=O) groups excluding carboxylic acids is 1. The highest BCUT2D eigenvalue weighted by atomic mass is 35.5. The van der Waals surface area contributed by atoms with Crippen molar-refractivity contribution in [2.45, 2.75) is 50.7 Å². The van der Waals surface area contributed by atoms with Gasteiger partial charge in [0.2, 0.25) is 0 Å². The molecule has 1 aromatic rings. The number of halogens is 2. The lowest BCUT2D eigenvalue weighted by Gasteiger charge is -2.33. The summed E-state index contributed by atoms with van der Waals surface area (Å²) < 4.78 is 5.01. The molecule has 3 unspecified atom stereocenters. The van der Waals surface area contributed by atoms with Crippen molar-refractivity contribution in [3.8, 4) is 0 Å². The monoisotopic (exact) mass is 342 g/mol. The maximum absolute atomic E-state index is 12.2. The van der Waals surface area contributed by atoms with Crippen LogP contribution in [0, 0.1) is 5.92 Å². The number of likely N-dealkylation sites (tertiary alicyclic amines) is 1. The number of hydrogen-bond donors (Lipinski definition) is 0. The minimum Gasteiger partial charge on any atom is -0.468 e. The molecule has 0 aromatic carbocycles. The SMILES string of the molecule is COC(=O)C1CC2CCCCC2N1Cc1cc(Cl)nc(Cl)c1. The first-order valence-corrected chi connectivity index (χ1v) is 8.49. The molecule has 1 aliphatic heterocycles. The Kier molecular flexibility index (Phi) is 4.91. The van der Waals surface area contributed by atoms with E-state index in [2.05, 4.69) is 9.88 Å². The highest BCUT2D eigenvalue weighted by Gasteiger charge is 2.45. The van der Waals surface area contributed by atoms with Gasteiger partial charge >= 0.3 is 5.97 Å². The fourth-order valence-corrected chi connectivity index (χ4v) is 4.47. The molecule has 0 amide bonds. The fraction of sp³-hybridized carbons (Fsp3) is 0.625. The van der Waals surface area contributed by atoms with Gasteiger partial charge in [-0.15, -0.1) is 0 Å². The topological polar surface area (TPSA) is 42.4 Å². The molecule has 3 rings (SSSR count). The largest absolute Gasteiger partial charge is 0.468 e. The summed E-state index contributed by atoms with van der Waals surface area (Å²) in [6.07, 6.45) is 5.72. The molecule has 0 bridgehead atoms. The van der Waals surface area contributed by atoms with E-state index >= 15 is 0 Å². The van der Waals surface area contributed by atoms with Gasteiger partial charge in [-0.1, -0.05) is 36.0 Å². The second-order valence-electron chi connectivity index (χ2n) is 6.18. The molecule has 2 fully saturated rings. The second kappa shape index (κ2) is 6.73.